The fourth-order valence-corrected chi connectivity index (χ4v) is 8.75. The lowest BCUT2D eigenvalue weighted by atomic mass is 9.70. The standard InChI is InChI=1S/C19H25Cl2N3O7S2/c1-18(2)11-5-6-19(18,16(25)7-11)10-32(28,29)24-14(17(26)23-27)9-22-33(30,31)15-8-12(20)3-4-13(15)21/h3-4,8,11,14,22,24,27H,5-7,9-10H2,1-2H3,(H,23,26). The summed E-state index contributed by atoms with van der Waals surface area (Å²) in [7, 11) is -8.52. The van der Waals surface area contributed by atoms with E-state index in [1.165, 1.54) is 17.6 Å². The lowest BCUT2D eigenvalue weighted by molar-refractivity contribution is -0.130. The molecule has 2 saturated carbocycles. The summed E-state index contributed by atoms with van der Waals surface area (Å²) in [5, 5.41) is 9.01. The van der Waals surface area contributed by atoms with Gasteiger partial charge in [0.2, 0.25) is 20.0 Å². The quantitative estimate of drug-likeness (QED) is 0.272. The number of nitrogens with one attached hydrogen (secondary N) is 3. The van der Waals surface area contributed by atoms with Crippen LogP contribution in [0.1, 0.15) is 33.1 Å². The second-order valence-electron chi connectivity index (χ2n) is 9.00. The van der Waals surface area contributed by atoms with Gasteiger partial charge in [-0.05, 0) is 42.4 Å². The normalized spacial score (nSPS) is 25.2. The molecule has 1 amide bonds. The number of benzene rings is 1. The van der Waals surface area contributed by atoms with E-state index in [9.17, 15) is 26.4 Å². The van der Waals surface area contributed by atoms with Crippen molar-refractivity contribution in [1.82, 2.24) is 14.9 Å². The molecular weight excluding hydrogens is 517 g/mol. The summed E-state index contributed by atoms with van der Waals surface area (Å²) in [5.41, 5.74) is -0.295. The van der Waals surface area contributed by atoms with Crippen molar-refractivity contribution in [3.05, 3.63) is 28.2 Å². The lowest BCUT2D eigenvalue weighted by Crippen LogP contribution is -2.54. The summed E-state index contributed by atoms with van der Waals surface area (Å²) in [6.07, 6.45) is 1.46. The van der Waals surface area contributed by atoms with E-state index in [2.05, 4.69) is 9.44 Å². The Balaban J connectivity index is 1.79. The Hall–Kier alpha value is -1.28. The molecule has 0 saturated heterocycles. The second kappa shape index (κ2) is 9.06. The number of Topliss-reactive ketones (excluding diaryl/α,β-unsaturated/α-hetero) is 1. The number of halogens is 2. The van der Waals surface area contributed by atoms with E-state index in [1.54, 1.807) is 0 Å². The Labute approximate surface area is 202 Å². The third-order valence-electron chi connectivity index (χ3n) is 6.98. The third-order valence-corrected chi connectivity index (χ3v) is 10.6. The summed E-state index contributed by atoms with van der Waals surface area (Å²) < 4.78 is 55.4. The molecule has 0 aliphatic heterocycles. The Morgan fingerprint density at radius 1 is 1.24 bits per heavy atom. The van der Waals surface area contributed by atoms with Gasteiger partial charge in [-0.1, -0.05) is 37.0 Å². The fourth-order valence-electron chi connectivity index (χ4n) is 4.91. The van der Waals surface area contributed by atoms with Gasteiger partial charge in [0.05, 0.1) is 10.8 Å². The van der Waals surface area contributed by atoms with Crippen LogP contribution < -0.4 is 14.9 Å². The van der Waals surface area contributed by atoms with Gasteiger partial charge in [-0.2, -0.15) is 0 Å². The molecule has 10 nitrogen and oxygen atoms in total. The molecule has 33 heavy (non-hydrogen) atoms. The van der Waals surface area contributed by atoms with Crippen LogP contribution in [0.5, 0.6) is 0 Å². The maximum absolute atomic E-state index is 13.0. The minimum absolute atomic E-state index is 0.0889. The predicted octanol–water partition coefficient (Wildman–Crippen LogP) is 1.46. The van der Waals surface area contributed by atoms with Crippen molar-refractivity contribution in [2.45, 2.75) is 44.0 Å². The number of rotatable bonds is 9. The van der Waals surface area contributed by atoms with Crippen LogP contribution in [-0.2, 0) is 29.6 Å². The number of hydrogen-bond acceptors (Lipinski definition) is 7. The molecule has 4 N–H and O–H groups in total. The summed E-state index contributed by atoms with van der Waals surface area (Å²) in [6, 6.07) is 2.06. The molecule has 14 heteroatoms. The van der Waals surface area contributed by atoms with Crippen LogP contribution in [-0.4, -0.2) is 52.1 Å². The highest BCUT2D eigenvalue weighted by Gasteiger charge is 2.65. The van der Waals surface area contributed by atoms with E-state index in [4.69, 9.17) is 28.4 Å². The predicted molar refractivity (Wildman–Crippen MR) is 121 cm³/mol. The molecule has 2 bridgehead atoms. The van der Waals surface area contributed by atoms with E-state index < -0.39 is 55.1 Å². The molecule has 3 atom stereocenters. The molecule has 0 radical (unpaired) electrons. The summed E-state index contributed by atoms with van der Waals surface area (Å²) in [5.74, 6) is -1.76. The number of fused-ring (bicyclic) bond motifs is 2. The number of hydrogen-bond donors (Lipinski definition) is 4. The SMILES string of the molecule is CC1(C)C2CCC1(CS(=O)(=O)NC(CNS(=O)(=O)c1cc(Cl)ccc1Cl)C(=O)NO)C(=O)C2. The molecule has 184 valence electrons. The number of hydroxylamine groups is 1. The van der Waals surface area contributed by atoms with Crippen LogP contribution in [0.15, 0.2) is 23.1 Å². The van der Waals surface area contributed by atoms with Gasteiger partial charge in [0.15, 0.2) is 0 Å². The smallest absolute Gasteiger partial charge is 0.262 e. The first-order chi connectivity index (χ1) is 15.1. The van der Waals surface area contributed by atoms with Gasteiger partial charge in [-0.15, -0.1) is 0 Å². The van der Waals surface area contributed by atoms with Crippen LogP contribution in [0, 0.1) is 16.7 Å². The Morgan fingerprint density at radius 2 is 1.91 bits per heavy atom. The number of carbonyl (C=O) groups is 2. The van der Waals surface area contributed by atoms with E-state index in [0.717, 1.165) is 12.5 Å². The first-order valence-corrected chi connectivity index (χ1v) is 14.0. The van der Waals surface area contributed by atoms with Crippen molar-refractivity contribution in [2.75, 3.05) is 12.3 Å². The van der Waals surface area contributed by atoms with Gasteiger partial charge >= 0.3 is 0 Å². The molecule has 2 aliphatic carbocycles. The summed E-state index contributed by atoms with van der Waals surface area (Å²) in [6.45, 7) is 3.00. The van der Waals surface area contributed by atoms with Gasteiger partial charge in [-0.3, -0.25) is 14.8 Å². The van der Waals surface area contributed by atoms with Crippen LogP contribution in [0.3, 0.4) is 0 Å². The van der Waals surface area contributed by atoms with E-state index in [1.807, 2.05) is 13.8 Å². The fraction of sp³-hybridized carbons (Fsp3) is 0.579. The van der Waals surface area contributed by atoms with Gasteiger partial charge < -0.3 is 0 Å². The van der Waals surface area contributed by atoms with Gasteiger partial charge in [0.1, 0.15) is 16.7 Å². The minimum atomic E-state index is -4.28. The molecule has 0 spiro atoms. The Morgan fingerprint density at radius 3 is 2.45 bits per heavy atom. The van der Waals surface area contributed by atoms with E-state index in [0.29, 0.717) is 12.8 Å². The monoisotopic (exact) mass is 541 g/mol. The van der Waals surface area contributed by atoms with Crippen molar-refractivity contribution in [1.29, 1.82) is 0 Å². The largest absolute Gasteiger partial charge is 0.299 e. The molecule has 0 aromatic heterocycles. The highest BCUT2D eigenvalue weighted by molar-refractivity contribution is 7.90. The van der Waals surface area contributed by atoms with Crippen molar-refractivity contribution in [3.63, 3.8) is 0 Å². The molecule has 2 fully saturated rings. The summed E-state index contributed by atoms with van der Waals surface area (Å²) in [4.78, 5) is 24.4. The molecule has 2 aliphatic rings. The Bertz CT molecular complexity index is 1190. The molecule has 1 aromatic rings. The zero-order valence-corrected chi connectivity index (χ0v) is 21.0. The van der Waals surface area contributed by atoms with Crippen LogP contribution >= 0.6 is 23.2 Å². The van der Waals surface area contributed by atoms with Crippen molar-refractivity contribution in [3.8, 4) is 0 Å². The maximum Gasteiger partial charge on any atom is 0.262 e. The van der Waals surface area contributed by atoms with Crippen molar-refractivity contribution < 1.29 is 31.6 Å². The molecule has 1 aromatic carbocycles. The number of sulfonamides is 2. The first kappa shape index (κ1) is 26.3. The highest BCUT2D eigenvalue weighted by atomic mass is 35.5. The van der Waals surface area contributed by atoms with Crippen LogP contribution in [0.4, 0.5) is 0 Å². The van der Waals surface area contributed by atoms with Crippen LogP contribution in [0.2, 0.25) is 10.0 Å². The average Bonchev–Trinajstić information content (AvgIpc) is 3.06. The second-order valence-corrected chi connectivity index (χ2v) is 13.3. The van der Waals surface area contributed by atoms with E-state index in [-0.39, 0.29) is 26.6 Å². The van der Waals surface area contributed by atoms with Crippen molar-refractivity contribution in [2.24, 2.45) is 16.7 Å². The molecule has 3 rings (SSSR count). The zero-order valence-electron chi connectivity index (χ0n) is 17.9. The van der Waals surface area contributed by atoms with Crippen LogP contribution in [0.25, 0.3) is 0 Å². The molecule has 0 heterocycles. The molecule has 3 unspecified atom stereocenters. The maximum atomic E-state index is 13.0. The topological polar surface area (TPSA) is 159 Å². The van der Waals surface area contributed by atoms with Crippen molar-refractivity contribution >= 4 is 54.9 Å². The molecular formula is C19H25Cl2N3O7S2. The Kier molecular flexibility index (Phi) is 7.23. The number of carbonyl (C=O) groups excluding carboxylic acids is 2. The number of amides is 1. The van der Waals surface area contributed by atoms with Gasteiger partial charge in [0.25, 0.3) is 5.91 Å². The summed E-state index contributed by atoms with van der Waals surface area (Å²) >= 11 is 11.7. The van der Waals surface area contributed by atoms with Gasteiger partial charge in [0, 0.05) is 23.4 Å². The first-order valence-electron chi connectivity index (χ1n) is 10.1. The minimum Gasteiger partial charge on any atom is -0.299 e. The third kappa shape index (κ3) is 4.93. The van der Waals surface area contributed by atoms with E-state index >= 15 is 0 Å². The number of ketones is 1. The van der Waals surface area contributed by atoms with Gasteiger partial charge in [-0.25, -0.2) is 31.8 Å². The average molecular weight is 542 g/mol. The highest BCUT2D eigenvalue weighted by Crippen LogP contribution is 2.64. The lowest BCUT2D eigenvalue weighted by Gasteiger charge is -2.36. The zero-order chi connectivity index (χ0) is 24.8.